The summed E-state index contributed by atoms with van der Waals surface area (Å²) in [6.07, 6.45) is 38.5. The number of allylic oxidation sites excluding steroid dienone is 18. The van der Waals surface area contributed by atoms with Gasteiger partial charge < -0.3 is 0 Å². The van der Waals surface area contributed by atoms with E-state index >= 15 is 0 Å². The molecule has 0 aromatic carbocycles. The molecule has 176 valence electrons. The normalized spacial score (nSPS) is 26.7. The molecule has 0 heterocycles. The first-order valence-electron chi connectivity index (χ1n) is 13.5. The molecule has 0 amide bonds. The van der Waals surface area contributed by atoms with Crippen LogP contribution in [0.2, 0.25) is 0 Å². The highest BCUT2D eigenvalue weighted by Gasteiger charge is 2.26. The average Bonchev–Trinajstić information content (AvgIpc) is 3.25. The van der Waals surface area contributed by atoms with E-state index < -0.39 is 0 Å². The number of hydrogen-bond donors (Lipinski definition) is 0. The fraction of sp³-hybridized carbons (Fsp3) is 0.412. The molecular formula is C34H40. The van der Waals surface area contributed by atoms with Gasteiger partial charge in [0.05, 0.1) is 0 Å². The molecule has 0 aromatic rings. The second-order valence-electron chi connectivity index (χ2n) is 11.4. The van der Waals surface area contributed by atoms with Gasteiger partial charge in [-0.05, 0) is 78.2 Å². The Morgan fingerprint density at radius 1 is 0.912 bits per heavy atom. The molecule has 1 fully saturated rings. The zero-order valence-electron chi connectivity index (χ0n) is 21.0. The van der Waals surface area contributed by atoms with Crippen LogP contribution in [0.3, 0.4) is 0 Å². The topological polar surface area (TPSA) is 0 Å². The summed E-state index contributed by atoms with van der Waals surface area (Å²) in [5, 5.41) is 0. The van der Waals surface area contributed by atoms with Gasteiger partial charge in [0.2, 0.25) is 0 Å². The SMILES string of the molecule is C=C(CCC1=CC2C=C(CCCC3(C)CCCCC3)C=CC2=C1)C1=CC(=C)C2C=CC=CC2=C1. The van der Waals surface area contributed by atoms with Gasteiger partial charge in [-0.3, -0.25) is 0 Å². The van der Waals surface area contributed by atoms with Gasteiger partial charge in [-0.15, -0.1) is 0 Å². The molecule has 0 aromatic heterocycles. The van der Waals surface area contributed by atoms with Crippen LogP contribution >= 0.6 is 0 Å². The van der Waals surface area contributed by atoms with Gasteiger partial charge in [-0.2, -0.15) is 0 Å². The van der Waals surface area contributed by atoms with Crippen molar-refractivity contribution >= 4 is 0 Å². The van der Waals surface area contributed by atoms with Crippen molar-refractivity contribution in [1.29, 1.82) is 0 Å². The Kier molecular flexibility index (Phi) is 6.77. The first-order chi connectivity index (χ1) is 16.5. The van der Waals surface area contributed by atoms with E-state index in [1.807, 2.05) is 0 Å². The van der Waals surface area contributed by atoms with Crippen molar-refractivity contribution in [2.24, 2.45) is 17.3 Å². The lowest BCUT2D eigenvalue weighted by Crippen LogP contribution is -2.19. The van der Waals surface area contributed by atoms with Crippen LogP contribution in [-0.4, -0.2) is 0 Å². The Hall–Kier alpha value is -2.60. The Balaban J connectivity index is 1.14. The fourth-order valence-corrected chi connectivity index (χ4v) is 6.36. The smallest absolute Gasteiger partial charge is 0.0267 e. The zero-order valence-corrected chi connectivity index (χ0v) is 21.0. The van der Waals surface area contributed by atoms with Gasteiger partial charge in [0.1, 0.15) is 0 Å². The molecular weight excluding hydrogens is 408 g/mol. The lowest BCUT2D eigenvalue weighted by Gasteiger charge is -2.33. The van der Waals surface area contributed by atoms with E-state index in [4.69, 9.17) is 0 Å². The molecule has 0 aliphatic heterocycles. The van der Waals surface area contributed by atoms with Crippen molar-refractivity contribution in [2.75, 3.05) is 0 Å². The highest BCUT2D eigenvalue weighted by atomic mass is 14.3. The quantitative estimate of drug-likeness (QED) is 0.347. The molecule has 5 rings (SSSR count). The van der Waals surface area contributed by atoms with E-state index in [9.17, 15) is 0 Å². The molecule has 2 unspecified atom stereocenters. The summed E-state index contributed by atoms with van der Waals surface area (Å²) in [5.74, 6) is 0.814. The highest BCUT2D eigenvalue weighted by molar-refractivity contribution is 5.56. The Morgan fingerprint density at radius 3 is 2.59 bits per heavy atom. The Labute approximate surface area is 207 Å². The molecule has 0 spiro atoms. The molecule has 5 aliphatic rings. The molecule has 0 radical (unpaired) electrons. The predicted molar refractivity (Wildman–Crippen MR) is 147 cm³/mol. The number of hydrogen-bond acceptors (Lipinski definition) is 0. The summed E-state index contributed by atoms with van der Waals surface area (Å²) in [7, 11) is 0. The second kappa shape index (κ2) is 9.95. The van der Waals surface area contributed by atoms with Crippen molar-refractivity contribution in [1.82, 2.24) is 0 Å². The van der Waals surface area contributed by atoms with Crippen LogP contribution in [0.5, 0.6) is 0 Å². The van der Waals surface area contributed by atoms with Crippen molar-refractivity contribution in [3.8, 4) is 0 Å². The standard InChI is InChI=1S/C34H40/c1-25(31-20-26(2)33-12-6-5-11-30(33)24-31)13-14-28-22-29-16-15-27(21-32(29)23-28)10-9-19-34(3)17-7-4-8-18-34/h5-6,11-12,15-16,20-24,32-33H,1-2,4,7-10,13-14,17-19H2,3H3. The maximum atomic E-state index is 4.42. The molecule has 0 heteroatoms. The maximum absolute atomic E-state index is 4.42. The van der Waals surface area contributed by atoms with Crippen LogP contribution in [-0.2, 0) is 0 Å². The van der Waals surface area contributed by atoms with Crippen molar-refractivity contribution in [3.63, 3.8) is 0 Å². The molecule has 0 saturated heterocycles. The van der Waals surface area contributed by atoms with E-state index in [2.05, 4.69) is 86.9 Å². The maximum Gasteiger partial charge on any atom is 0.0267 e. The monoisotopic (exact) mass is 448 g/mol. The van der Waals surface area contributed by atoms with E-state index in [1.54, 1.807) is 0 Å². The summed E-state index contributed by atoms with van der Waals surface area (Å²) in [4.78, 5) is 0. The van der Waals surface area contributed by atoms with Crippen LogP contribution in [0.1, 0.15) is 71.1 Å². The van der Waals surface area contributed by atoms with Gasteiger partial charge in [0.25, 0.3) is 0 Å². The van der Waals surface area contributed by atoms with Crippen LogP contribution in [0.4, 0.5) is 0 Å². The van der Waals surface area contributed by atoms with Crippen molar-refractivity contribution < 1.29 is 0 Å². The van der Waals surface area contributed by atoms with Gasteiger partial charge >= 0.3 is 0 Å². The van der Waals surface area contributed by atoms with Crippen molar-refractivity contribution in [2.45, 2.75) is 71.1 Å². The second-order valence-corrected chi connectivity index (χ2v) is 11.4. The third-order valence-corrected chi connectivity index (χ3v) is 8.57. The van der Waals surface area contributed by atoms with E-state index in [1.165, 1.54) is 90.4 Å². The molecule has 0 nitrogen and oxygen atoms in total. The molecule has 1 saturated carbocycles. The highest BCUT2D eigenvalue weighted by Crippen LogP contribution is 2.41. The van der Waals surface area contributed by atoms with Crippen LogP contribution in [0, 0.1) is 17.3 Å². The summed E-state index contributed by atoms with van der Waals surface area (Å²) >= 11 is 0. The number of rotatable bonds is 8. The summed E-state index contributed by atoms with van der Waals surface area (Å²) in [6.45, 7) is 11.2. The van der Waals surface area contributed by atoms with Gasteiger partial charge in [0, 0.05) is 11.8 Å². The average molecular weight is 449 g/mol. The summed E-state index contributed by atoms with van der Waals surface area (Å²) in [6, 6.07) is 0. The minimum atomic E-state index is 0.338. The van der Waals surface area contributed by atoms with Crippen LogP contribution < -0.4 is 0 Å². The number of fused-ring (bicyclic) bond motifs is 2. The minimum absolute atomic E-state index is 0.338. The van der Waals surface area contributed by atoms with Gasteiger partial charge in [-0.1, -0.05) is 117 Å². The first-order valence-corrected chi connectivity index (χ1v) is 13.5. The van der Waals surface area contributed by atoms with Crippen LogP contribution in [0.15, 0.2) is 119 Å². The zero-order chi connectivity index (χ0) is 23.5. The van der Waals surface area contributed by atoms with Gasteiger partial charge in [-0.25, -0.2) is 0 Å². The van der Waals surface area contributed by atoms with Crippen molar-refractivity contribution in [3.05, 3.63) is 119 Å². The predicted octanol–water partition coefficient (Wildman–Crippen LogP) is 9.61. The first kappa shape index (κ1) is 23.2. The van der Waals surface area contributed by atoms with E-state index in [-0.39, 0.29) is 0 Å². The van der Waals surface area contributed by atoms with Crippen LogP contribution in [0.25, 0.3) is 0 Å². The molecule has 0 N–H and O–H groups in total. The third kappa shape index (κ3) is 5.22. The molecule has 5 aliphatic carbocycles. The van der Waals surface area contributed by atoms with Gasteiger partial charge in [0.15, 0.2) is 0 Å². The molecule has 34 heavy (non-hydrogen) atoms. The van der Waals surface area contributed by atoms with E-state index in [0.717, 1.165) is 12.8 Å². The Bertz CT molecular complexity index is 1090. The third-order valence-electron chi connectivity index (χ3n) is 8.57. The largest absolute Gasteiger partial charge is 0.0952 e. The summed E-state index contributed by atoms with van der Waals surface area (Å²) in [5.41, 5.74) is 10.0. The Morgan fingerprint density at radius 2 is 1.74 bits per heavy atom. The minimum Gasteiger partial charge on any atom is -0.0952 e. The van der Waals surface area contributed by atoms with E-state index in [0.29, 0.717) is 17.3 Å². The summed E-state index contributed by atoms with van der Waals surface area (Å²) < 4.78 is 0. The fourth-order valence-electron chi connectivity index (χ4n) is 6.36. The molecule has 2 atom stereocenters. The lowest BCUT2D eigenvalue weighted by atomic mass is 9.72. The molecule has 0 bridgehead atoms. The lowest BCUT2D eigenvalue weighted by molar-refractivity contribution is 0.195.